The van der Waals surface area contributed by atoms with E-state index in [0.717, 1.165) is 22.6 Å². The molecule has 30 heavy (non-hydrogen) atoms. The molecule has 154 valence electrons. The van der Waals surface area contributed by atoms with E-state index in [1.165, 1.54) is 16.1 Å². The molecule has 0 saturated heterocycles. The third-order valence-corrected chi connectivity index (χ3v) is 6.69. The average molecular weight is 426 g/mol. The van der Waals surface area contributed by atoms with E-state index in [2.05, 4.69) is 5.32 Å². The van der Waals surface area contributed by atoms with Gasteiger partial charge in [0.15, 0.2) is 11.6 Å². The third-order valence-electron chi connectivity index (χ3n) is 5.00. The van der Waals surface area contributed by atoms with Crippen LogP contribution in [0.5, 0.6) is 0 Å². The summed E-state index contributed by atoms with van der Waals surface area (Å²) in [4.78, 5) is 0.204. The Balaban J connectivity index is 1.66. The zero-order chi connectivity index (χ0) is 21.3. The molecule has 0 aliphatic rings. The number of hydrogen-bond acceptors (Lipinski definition) is 3. The predicted molar refractivity (Wildman–Crippen MR) is 113 cm³/mol. The second-order valence-corrected chi connectivity index (χ2v) is 8.92. The van der Waals surface area contributed by atoms with Gasteiger partial charge >= 0.3 is 0 Å². The van der Waals surface area contributed by atoms with Crippen molar-refractivity contribution in [2.24, 2.45) is 0 Å². The molecular formula is C23H20F2N2O2S. The number of aromatic nitrogens is 1. The molecule has 1 heterocycles. The number of halogens is 2. The van der Waals surface area contributed by atoms with Gasteiger partial charge in [-0.1, -0.05) is 48.0 Å². The molecule has 0 aliphatic heterocycles. The van der Waals surface area contributed by atoms with Crippen molar-refractivity contribution in [1.82, 2.24) is 9.29 Å². The van der Waals surface area contributed by atoms with Crippen LogP contribution in [0.3, 0.4) is 0 Å². The van der Waals surface area contributed by atoms with Crippen molar-refractivity contribution in [2.45, 2.75) is 24.9 Å². The number of nitrogens with zero attached hydrogens (tertiary/aromatic N) is 1. The average Bonchev–Trinajstić information content (AvgIpc) is 3.11. The molecule has 0 unspecified atom stereocenters. The van der Waals surface area contributed by atoms with Crippen molar-refractivity contribution in [3.63, 3.8) is 0 Å². The molecule has 0 amide bonds. The Morgan fingerprint density at radius 3 is 2.33 bits per heavy atom. The molecule has 3 aromatic carbocycles. The first-order valence-corrected chi connectivity index (χ1v) is 10.9. The maximum atomic E-state index is 13.9. The van der Waals surface area contributed by atoms with Crippen LogP contribution in [0.15, 0.2) is 77.8 Å². The second kappa shape index (κ2) is 8.01. The Morgan fingerprint density at radius 2 is 1.57 bits per heavy atom. The molecule has 0 spiro atoms. The zero-order valence-electron chi connectivity index (χ0n) is 16.3. The fraction of sp³-hybridized carbons (Fsp3) is 0.130. The number of nitrogens with one attached hydrogen (secondary N) is 1. The van der Waals surface area contributed by atoms with Crippen LogP contribution >= 0.6 is 0 Å². The fourth-order valence-electron chi connectivity index (χ4n) is 3.40. The summed E-state index contributed by atoms with van der Waals surface area (Å²) < 4.78 is 54.9. The Labute approximate surface area is 173 Å². The van der Waals surface area contributed by atoms with Crippen LogP contribution in [0, 0.1) is 18.6 Å². The van der Waals surface area contributed by atoms with Crippen LogP contribution in [-0.4, -0.2) is 12.4 Å². The quantitative estimate of drug-likeness (QED) is 0.484. The third kappa shape index (κ3) is 3.74. The molecule has 0 saturated carbocycles. The Bertz CT molecular complexity index is 1310. The van der Waals surface area contributed by atoms with Gasteiger partial charge in [-0.15, -0.1) is 0 Å². The summed E-state index contributed by atoms with van der Waals surface area (Å²) in [5.74, 6) is -1.77. The van der Waals surface area contributed by atoms with Crippen molar-refractivity contribution in [1.29, 1.82) is 0 Å². The van der Waals surface area contributed by atoms with Gasteiger partial charge in [-0.05, 0) is 36.8 Å². The number of benzene rings is 3. The first-order chi connectivity index (χ1) is 14.4. The van der Waals surface area contributed by atoms with Crippen molar-refractivity contribution < 1.29 is 17.2 Å². The molecule has 0 atom stereocenters. The van der Waals surface area contributed by atoms with Gasteiger partial charge < -0.3 is 5.32 Å². The maximum absolute atomic E-state index is 13.9. The van der Waals surface area contributed by atoms with Gasteiger partial charge in [0.05, 0.1) is 10.4 Å². The molecule has 7 heteroatoms. The van der Waals surface area contributed by atoms with Gasteiger partial charge in [-0.3, -0.25) is 0 Å². The van der Waals surface area contributed by atoms with E-state index in [9.17, 15) is 17.2 Å². The van der Waals surface area contributed by atoms with Gasteiger partial charge in [-0.25, -0.2) is 21.2 Å². The first-order valence-electron chi connectivity index (χ1n) is 9.43. The maximum Gasteiger partial charge on any atom is 0.268 e. The second-order valence-electron chi connectivity index (χ2n) is 7.10. The van der Waals surface area contributed by atoms with Crippen LogP contribution in [0.2, 0.25) is 0 Å². The molecule has 0 fully saturated rings. The minimum atomic E-state index is -3.77. The molecule has 4 rings (SSSR count). The summed E-state index contributed by atoms with van der Waals surface area (Å²) in [5, 5.41) is 3.85. The number of hydrogen-bond donors (Lipinski definition) is 1. The van der Waals surface area contributed by atoms with Crippen LogP contribution in [0.25, 0.3) is 10.9 Å². The standard InChI is InChI=1S/C23H20F2N2O2S/c1-16-9-11-19(12-10-16)30(28,29)27-15-18(20-6-2-3-8-22(20)27)14-26-13-17-5-4-7-21(24)23(17)25/h2-12,15,26H,13-14H2,1H3. The van der Waals surface area contributed by atoms with Gasteiger partial charge in [0.2, 0.25) is 0 Å². The highest BCUT2D eigenvalue weighted by molar-refractivity contribution is 7.90. The van der Waals surface area contributed by atoms with E-state index < -0.39 is 21.7 Å². The van der Waals surface area contributed by atoms with E-state index in [1.807, 2.05) is 19.1 Å². The van der Waals surface area contributed by atoms with Crippen LogP contribution < -0.4 is 5.32 Å². The van der Waals surface area contributed by atoms with Gasteiger partial charge in [0.1, 0.15) is 0 Å². The molecule has 0 bridgehead atoms. The van der Waals surface area contributed by atoms with Crippen molar-refractivity contribution >= 4 is 20.9 Å². The molecule has 0 aliphatic carbocycles. The Kier molecular flexibility index (Phi) is 5.40. The van der Waals surface area contributed by atoms with Crippen molar-refractivity contribution in [3.8, 4) is 0 Å². The molecule has 1 N–H and O–H groups in total. The van der Waals surface area contributed by atoms with Gasteiger partial charge in [0, 0.05) is 30.2 Å². The summed E-state index contributed by atoms with van der Waals surface area (Å²) in [6.45, 7) is 2.31. The summed E-state index contributed by atoms with van der Waals surface area (Å²) in [6.07, 6.45) is 1.58. The number of para-hydroxylation sites is 1. The molecule has 0 radical (unpaired) electrons. The van der Waals surface area contributed by atoms with E-state index in [4.69, 9.17) is 0 Å². The van der Waals surface area contributed by atoms with Crippen LogP contribution in [0.4, 0.5) is 8.78 Å². The summed E-state index contributed by atoms with van der Waals surface area (Å²) in [6, 6.07) is 17.9. The first kappa shape index (κ1) is 20.3. The summed E-state index contributed by atoms with van der Waals surface area (Å²) in [5.41, 5.74) is 2.50. The Hall–Kier alpha value is -3.03. The normalized spacial score (nSPS) is 11.8. The number of aryl methyl sites for hydroxylation is 1. The minimum absolute atomic E-state index is 0.119. The van der Waals surface area contributed by atoms with E-state index in [-0.39, 0.29) is 17.0 Å². The number of rotatable bonds is 6. The molecular weight excluding hydrogens is 406 g/mol. The van der Waals surface area contributed by atoms with Gasteiger partial charge in [-0.2, -0.15) is 0 Å². The Morgan fingerprint density at radius 1 is 0.867 bits per heavy atom. The highest BCUT2D eigenvalue weighted by atomic mass is 32.2. The highest BCUT2D eigenvalue weighted by Gasteiger charge is 2.21. The van der Waals surface area contributed by atoms with Crippen molar-refractivity contribution in [2.75, 3.05) is 0 Å². The number of fused-ring (bicyclic) bond motifs is 1. The monoisotopic (exact) mass is 426 g/mol. The molecule has 4 aromatic rings. The topological polar surface area (TPSA) is 51.1 Å². The molecule has 1 aromatic heterocycles. The zero-order valence-corrected chi connectivity index (χ0v) is 17.1. The largest absolute Gasteiger partial charge is 0.308 e. The lowest BCUT2D eigenvalue weighted by molar-refractivity contribution is 0.493. The summed E-state index contributed by atoms with van der Waals surface area (Å²) >= 11 is 0. The van der Waals surface area contributed by atoms with Crippen LogP contribution in [0.1, 0.15) is 16.7 Å². The van der Waals surface area contributed by atoms with Crippen LogP contribution in [-0.2, 0) is 23.1 Å². The van der Waals surface area contributed by atoms with E-state index in [1.54, 1.807) is 42.6 Å². The highest BCUT2D eigenvalue weighted by Crippen LogP contribution is 2.26. The lowest BCUT2D eigenvalue weighted by atomic mass is 10.1. The predicted octanol–water partition coefficient (Wildman–Crippen LogP) is 4.75. The minimum Gasteiger partial charge on any atom is -0.308 e. The summed E-state index contributed by atoms with van der Waals surface area (Å²) in [7, 11) is -3.77. The lowest BCUT2D eigenvalue weighted by Gasteiger charge is -2.08. The van der Waals surface area contributed by atoms with E-state index >= 15 is 0 Å². The van der Waals surface area contributed by atoms with Crippen molar-refractivity contribution in [3.05, 3.63) is 101 Å². The van der Waals surface area contributed by atoms with Gasteiger partial charge in [0.25, 0.3) is 10.0 Å². The van der Waals surface area contributed by atoms with E-state index in [0.29, 0.717) is 12.1 Å². The molecule has 4 nitrogen and oxygen atoms in total. The smallest absolute Gasteiger partial charge is 0.268 e. The fourth-order valence-corrected chi connectivity index (χ4v) is 4.79. The lowest BCUT2D eigenvalue weighted by Crippen LogP contribution is -2.14. The SMILES string of the molecule is Cc1ccc(S(=O)(=O)n2cc(CNCc3cccc(F)c3F)c3ccccc32)cc1.